The van der Waals surface area contributed by atoms with E-state index in [-0.39, 0.29) is 6.04 Å². The molecule has 1 aliphatic rings. The zero-order valence-corrected chi connectivity index (χ0v) is 10.2. The van der Waals surface area contributed by atoms with Crippen LogP contribution in [-0.2, 0) is 0 Å². The Hall–Kier alpha value is -0.380. The molecule has 15 heavy (non-hydrogen) atoms. The van der Waals surface area contributed by atoms with Gasteiger partial charge in [0.05, 0.1) is 6.04 Å². The lowest BCUT2D eigenvalue weighted by Crippen LogP contribution is -2.34. The smallest absolute Gasteiger partial charge is 0.0518 e. The van der Waals surface area contributed by atoms with Crippen molar-refractivity contribution in [2.75, 3.05) is 20.1 Å². The molecule has 0 saturated heterocycles. The van der Waals surface area contributed by atoms with Gasteiger partial charge in [0.2, 0.25) is 0 Å². The van der Waals surface area contributed by atoms with Crippen LogP contribution in [0.5, 0.6) is 0 Å². The van der Waals surface area contributed by atoms with Gasteiger partial charge >= 0.3 is 0 Å². The van der Waals surface area contributed by atoms with E-state index in [4.69, 9.17) is 5.73 Å². The molecule has 1 fully saturated rings. The summed E-state index contributed by atoms with van der Waals surface area (Å²) in [6.07, 6.45) is 4.26. The molecule has 1 unspecified atom stereocenters. The lowest BCUT2D eigenvalue weighted by atomic mass is 9.85. The molecule has 1 aliphatic carbocycles. The van der Waals surface area contributed by atoms with Crippen LogP contribution in [0, 0.1) is 5.92 Å². The summed E-state index contributed by atoms with van der Waals surface area (Å²) in [6, 6.07) is 4.40. The molecule has 0 aliphatic heterocycles. The van der Waals surface area contributed by atoms with Gasteiger partial charge in [-0.1, -0.05) is 12.5 Å². The van der Waals surface area contributed by atoms with Crippen LogP contribution >= 0.6 is 11.3 Å². The first kappa shape index (κ1) is 11.1. The molecule has 3 heteroatoms. The fourth-order valence-electron chi connectivity index (χ4n) is 2.12. The molecule has 1 heterocycles. The summed E-state index contributed by atoms with van der Waals surface area (Å²) in [6.45, 7) is 2.20. The van der Waals surface area contributed by atoms with E-state index in [9.17, 15) is 0 Å². The van der Waals surface area contributed by atoms with Gasteiger partial charge in [-0.2, -0.15) is 0 Å². The van der Waals surface area contributed by atoms with Crippen LogP contribution in [0.1, 0.15) is 30.2 Å². The second kappa shape index (κ2) is 5.10. The SMILES string of the molecule is CN(CC1CCC1)CC(N)c1cccs1. The molecular weight excluding hydrogens is 204 g/mol. The third-order valence-corrected chi connectivity index (χ3v) is 4.22. The Balaban J connectivity index is 1.75. The molecule has 2 nitrogen and oxygen atoms in total. The number of nitrogens with two attached hydrogens (primary N) is 1. The quantitative estimate of drug-likeness (QED) is 0.832. The zero-order chi connectivity index (χ0) is 10.7. The van der Waals surface area contributed by atoms with E-state index in [0.717, 1.165) is 12.5 Å². The number of nitrogens with zero attached hydrogens (tertiary/aromatic N) is 1. The standard InChI is InChI=1S/C12H20N2S/c1-14(8-10-4-2-5-10)9-11(13)12-6-3-7-15-12/h3,6-7,10-11H,2,4-5,8-9,13H2,1H3. The number of thiophene rings is 1. The van der Waals surface area contributed by atoms with Crippen LogP contribution in [0.4, 0.5) is 0 Å². The second-order valence-electron chi connectivity index (χ2n) is 4.64. The molecule has 0 bridgehead atoms. The van der Waals surface area contributed by atoms with E-state index in [1.54, 1.807) is 11.3 Å². The number of rotatable bonds is 5. The summed E-state index contributed by atoms with van der Waals surface area (Å²) in [5.41, 5.74) is 6.14. The highest BCUT2D eigenvalue weighted by Gasteiger charge is 2.20. The summed E-state index contributed by atoms with van der Waals surface area (Å²) in [5.74, 6) is 0.936. The molecular formula is C12H20N2S. The average Bonchev–Trinajstić information content (AvgIpc) is 2.64. The molecule has 1 aromatic rings. The highest BCUT2D eigenvalue weighted by molar-refractivity contribution is 7.10. The lowest BCUT2D eigenvalue weighted by Gasteiger charge is -2.31. The molecule has 2 N–H and O–H groups in total. The molecule has 0 aromatic carbocycles. The first-order chi connectivity index (χ1) is 7.25. The Kier molecular flexibility index (Phi) is 3.78. The Labute approximate surface area is 96.1 Å². The third kappa shape index (κ3) is 3.03. The van der Waals surface area contributed by atoms with Crippen LogP contribution in [0.2, 0.25) is 0 Å². The largest absolute Gasteiger partial charge is 0.322 e. The van der Waals surface area contributed by atoms with Crippen LogP contribution < -0.4 is 5.73 Å². The van der Waals surface area contributed by atoms with Gasteiger partial charge in [-0.3, -0.25) is 0 Å². The van der Waals surface area contributed by atoms with Crippen molar-refractivity contribution in [1.82, 2.24) is 4.90 Å². The van der Waals surface area contributed by atoms with Crippen molar-refractivity contribution in [1.29, 1.82) is 0 Å². The van der Waals surface area contributed by atoms with E-state index in [2.05, 4.69) is 29.5 Å². The van der Waals surface area contributed by atoms with Crippen LogP contribution in [0.25, 0.3) is 0 Å². The van der Waals surface area contributed by atoms with Crippen molar-refractivity contribution in [3.05, 3.63) is 22.4 Å². The minimum Gasteiger partial charge on any atom is -0.322 e. The number of hydrogen-bond acceptors (Lipinski definition) is 3. The summed E-state index contributed by atoms with van der Waals surface area (Å²) >= 11 is 1.76. The van der Waals surface area contributed by atoms with E-state index >= 15 is 0 Å². The molecule has 0 amide bonds. The van der Waals surface area contributed by atoms with Crippen LogP contribution in [0.3, 0.4) is 0 Å². The van der Waals surface area contributed by atoms with Crippen molar-refractivity contribution in [2.24, 2.45) is 11.7 Å². The number of hydrogen-bond donors (Lipinski definition) is 1. The van der Waals surface area contributed by atoms with Gasteiger partial charge in [-0.05, 0) is 37.3 Å². The van der Waals surface area contributed by atoms with Gasteiger partial charge in [0.25, 0.3) is 0 Å². The number of likely N-dealkylation sites (N-methyl/N-ethyl adjacent to an activating group) is 1. The summed E-state index contributed by atoms with van der Waals surface area (Å²) in [4.78, 5) is 3.68. The van der Waals surface area contributed by atoms with Crippen molar-refractivity contribution in [3.63, 3.8) is 0 Å². The summed E-state index contributed by atoms with van der Waals surface area (Å²) in [5, 5.41) is 2.10. The molecule has 0 spiro atoms. The average molecular weight is 224 g/mol. The summed E-state index contributed by atoms with van der Waals surface area (Å²) in [7, 11) is 2.19. The Morgan fingerprint density at radius 1 is 1.60 bits per heavy atom. The molecule has 0 radical (unpaired) electrons. The van der Waals surface area contributed by atoms with E-state index in [1.165, 1.54) is 30.7 Å². The van der Waals surface area contributed by atoms with Gasteiger partial charge in [-0.25, -0.2) is 0 Å². The molecule has 1 atom stereocenters. The van der Waals surface area contributed by atoms with Gasteiger partial charge in [0, 0.05) is 18.0 Å². The second-order valence-corrected chi connectivity index (χ2v) is 5.62. The normalized spacial score (nSPS) is 19.1. The summed E-state index contributed by atoms with van der Waals surface area (Å²) < 4.78 is 0. The van der Waals surface area contributed by atoms with Crippen molar-refractivity contribution in [3.8, 4) is 0 Å². The first-order valence-electron chi connectivity index (χ1n) is 5.73. The van der Waals surface area contributed by atoms with Gasteiger partial charge in [0.15, 0.2) is 0 Å². The molecule has 84 valence electrons. The van der Waals surface area contributed by atoms with Gasteiger partial charge < -0.3 is 10.6 Å². The topological polar surface area (TPSA) is 29.3 Å². The monoisotopic (exact) mass is 224 g/mol. The predicted octanol–water partition coefficient (Wildman–Crippen LogP) is 2.48. The Morgan fingerprint density at radius 2 is 2.40 bits per heavy atom. The zero-order valence-electron chi connectivity index (χ0n) is 9.36. The molecule has 1 saturated carbocycles. The highest BCUT2D eigenvalue weighted by Crippen LogP contribution is 2.27. The molecule has 2 rings (SSSR count). The van der Waals surface area contributed by atoms with Crippen LogP contribution in [-0.4, -0.2) is 25.0 Å². The maximum atomic E-state index is 6.14. The fourth-order valence-corrected chi connectivity index (χ4v) is 2.84. The van der Waals surface area contributed by atoms with E-state index in [0.29, 0.717) is 0 Å². The van der Waals surface area contributed by atoms with Gasteiger partial charge in [-0.15, -0.1) is 11.3 Å². The minimum atomic E-state index is 0.190. The molecule has 1 aromatic heterocycles. The fraction of sp³-hybridized carbons (Fsp3) is 0.667. The first-order valence-corrected chi connectivity index (χ1v) is 6.61. The Bertz CT molecular complexity index is 280. The van der Waals surface area contributed by atoms with Crippen LogP contribution in [0.15, 0.2) is 17.5 Å². The van der Waals surface area contributed by atoms with Crippen molar-refractivity contribution >= 4 is 11.3 Å². The van der Waals surface area contributed by atoms with E-state index in [1.807, 2.05) is 0 Å². The van der Waals surface area contributed by atoms with Crippen molar-refractivity contribution in [2.45, 2.75) is 25.3 Å². The Morgan fingerprint density at radius 3 is 2.93 bits per heavy atom. The maximum Gasteiger partial charge on any atom is 0.0518 e. The maximum absolute atomic E-state index is 6.14. The van der Waals surface area contributed by atoms with Gasteiger partial charge in [0.1, 0.15) is 0 Å². The van der Waals surface area contributed by atoms with Crippen molar-refractivity contribution < 1.29 is 0 Å². The van der Waals surface area contributed by atoms with E-state index < -0.39 is 0 Å². The predicted molar refractivity (Wildman–Crippen MR) is 66.1 cm³/mol. The highest BCUT2D eigenvalue weighted by atomic mass is 32.1. The lowest BCUT2D eigenvalue weighted by molar-refractivity contribution is 0.199. The third-order valence-electron chi connectivity index (χ3n) is 3.21. The minimum absolute atomic E-state index is 0.190.